The third kappa shape index (κ3) is 2.32. The number of aryl methyl sites for hydroxylation is 1. The van der Waals surface area contributed by atoms with Crippen molar-refractivity contribution in [3.63, 3.8) is 0 Å². The van der Waals surface area contributed by atoms with Gasteiger partial charge >= 0.3 is 0 Å². The molecule has 2 aromatic heterocycles. The molecule has 3 heterocycles. The van der Waals surface area contributed by atoms with Crippen molar-refractivity contribution in [2.75, 3.05) is 0 Å². The molecule has 0 bridgehead atoms. The van der Waals surface area contributed by atoms with Gasteiger partial charge in [0.1, 0.15) is 10.9 Å². The molecule has 114 valence electrons. The highest BCUT2D eigenvalue weighted by molar-refractivity contribution is 7.21. The van der Waals surface area contributed by atoms with Crippen molar-refractivity contribution in [3.05, 3.63) is 40.4 Å². The molecule has 1 fully saturated rings. The van der Waals surface area contributed by atoms with Crippen molar-refractivity contribution in [1.82, 2.24) is 4.98 Å². The van der Waals surface area contributed by atoms with Crippen LogP contribution in [0.25, 0.3) is 9.88 Å². The minimum Gasteiger partial charge on any atom is -0.477 e. The van der Waals surface area contributed by atoms with Crippen molar-refractivity contribution in [3.8, 4) is 9.88 Å². The fourth-order valence-corrected chi connectivity index (χ4v) is 4.21. The Bertz CT molecular complexity index is 771. The number of Topliss-reactive ketones (excluding diaryl/α,β-unsaturated/α-hetero) is 2. The summed E-state index contributed by atoms with van der Waals surface area (Å²) in [6.07, 6.45) is 0. The van der Waals surface area contributed by atoms with Crippen molar-refractivity contribution in [1.29, 1.82) is 0 Å². The van der Waals surface area contributed by atoms with E-state index in [2.05, 4.69) is 11.6 Å². The molecule has 0 saturated carbocycles. The molecule has 0 spiro atoms. The number of rotatable bonds is 2. The summed E-state index contributed by atoms with van der Waals surface area (Å²) in [5, 5.41) is 2.81. The zero-order valence-corrected chi connectivity index (χ0v) is 14.1. The number of nitrogens with zero attached hydrogens (tertiary/aromatic N) is 1. The maximum atomic E-state index is 12.6. The highest BCUT2D eigenvalue weighted by Crippen LogP contribution is 2.39. The average Bonchev–Trinajstić information content (AvgIpc) is 3.07. The third-order valence-electron chi connectivity index (χ3n) is 3.61. The zero-order valence-electron chi connectivity index (χ0n) is 12.5. The Morgan fingerprint density at radius 2 is 2.09 bits per heavy atom. The van der Waals surface area contributed by atoms with Crippen LogP contribution in [0.15, 0.2) is 29.9 Å². The molecule has 0 aromatic carbocycles. The predicted octanol–water partition coefficient (Wildman–Crippen LogP) is 3.72. The Hall–Kier alpha value is -1.79. The largest absolute Gasteiger partial charge is 0.477 e. The molecule has 1 unspecified atom stereocenters. The molecule has 0 N–H and O–H groups in total. The van der Waals surface area contributed by atoms with Crippen LogP contribution in [0, 0.1) is 6.92 Å². The molecule has 0 aliphatic carbocycles. The lowest BCUT2D eigenvalue weighted by Gasteiger charge is -2.34. The van der Waals surface area contributed by atoms with Crippen LogP contribution in [-0.2, 0) is 14.3 Å². The number of hydrogen-bond acceptors (Lipinski definition) is 6. The maximum absolute atomic E-state index is 12.6. The SMILES string of the molecule is C=C1OC(C)(C)C(=O)C(c2nc(-c3cccs3)sc2C)C1=O. The fourth-order valence-electron chi connectivity index (χ4n) is 2.47. The predicted molar refractivity (Wildman–Crippen MR) is 87.2 cm³/mol. The fraction of sp³-hybridized carbons (Fsp3) is 0.312. The van der Waals surface area contributed by atoms with E-state index in [0.717, 1.165) is 14.8 Å². The van der Waals surface area contributed by atoms with Crippen LogP contribution in [0.1, 0.15) is 30.3 Å². The molecule has 2 aromatic rings. The number of ether oxygens (including phenoxy) is 1. The molecule has 1 aliphatic heterocycles. The van der Waals surface area contributed by atoms with Crippen LogP contribution in [0.5, 0.6) is 0 Å². The lowest BCUT2D eigenvalue weighted by Crippen LogP contribution is -2.47. The molecular formula is C16H15NO3S2. The highest BCUT2D eigenvalue weighted by Gasteiger charge is 2.48. The molecule has 3 rings (SSSR count). The van der Waals surface area contributed by atoms with E-state index in [4.69, 9.17) is 4.74 Å². The summed E-state index contributed by atoms with van der Waals surface area (Å²) in [5.41, 5.74) is -0.532. The summed E-state index contributed by atoms with van der Waals surface area (Å²) in [6, 6.07) is 3.93. The van der Waals surface area contributed by atoms with Crippen molar-refractivity contribution in [2.45, 2.75) is 32.3 Å². The smallest absolute Gasteiger partial charge is 0.213 e. The van der Waals surface area contributed by atoms with Crippen molar-refractivity contribution < 1.29 is 14.3 Å². The second kappa shape index (κ2) is 5.14. The number of hydrogen-bond donors (Lipinski definition) is 0. The van der Waals surface area contributed by atoms with Crippen molar-refractivity contribution >= 4 is 34.2 Å². The minimum atomic E-state index is -1.06. The van der Waals surface area contributed by atoms with E-state index >= 15 is 0 Å². The number of aromatic nitrogens is 1. The monoisotopic (exact) mass is 333 g/mol. The van der Waals surface area contributed by atoms with E-state index < -0.39 is 17.3 Å². The number of ketones is 2. The Morgan fingerprint density at radius 1 is 1.36 bits per heavy atom. The first-order chi connectivity index (χ1) is 10.3. The van der Waals surface area contributed by atoms with Crippen LogP contribution < -0.4 is 0 Å². The van der Waals surface area contributed by atoms with E-state index in [-0.39, 0.29) is 11.5 Å². The first-order valence-electron chi connectivity index (χ1n) is 6.79. The van der Waals surface area contributed by atoms with Gasteiger partial charge in [0.2, 0.25) is 5.78 Å². The van der Waals surface area contributed by atoms with Crippen molar-refractivity contribution in [2.24, 2.45) is 0 Å². The number of carbonyl (C=O) groups excluding carboxylic acids is 2. The molecule has 22 heavy (non-hydrogen) atoms. The molecular weight excluding hydrogens is 318 g/mol. The van der Waals surface area contributed by atoms with Gasteiger partial charge in [-0.25, -0.2) is 4.98 Å². The van der Waals surface area contributed by atoms with Gasteiger partial charge in [0.15, 0.2) is 17.1 Å². The zero-order chi connectivity index (χ0) is 16.1. The molecule has 6 heteroatoms. The number of thiophene rings is 1. The summed E-state index contributed by atoms with van der Waals surface area (Å²) in [5.74, 6) is -1.55. The van der Waals surface area contributed by atoms with Crippen LogP contribution in [0.3, 0.4) is 0 Å². The quantitative estimate of drug-likeness (QED) is 0.621. The third-order valence-corrected chi connectivity index (χ3v) is 5.63. The normalized spacial score (nSPS) is 21.0. The van der Waals surface area contributed by atoms with E-state index in [9.17, 15) is 9.59 Å². The van der Waals surface area contributed by atoms with Gasteiger partial charge in [0, 0.05) is 4.88 Å². The molecule has 0 radical (unpaired) electrons. The summed E-state index contributed by atoms with van der Waals surface area (Å²) in [6.45, 7) is 8.84. The lowest BCUT2D eigenvalue weighted by atomic mass is 9.82. The minimum absolute atomic E-state index is 0.0275. The summed E-state index contributed by atoms with van der Waals surface area (Å²) in [7, 11) is 0. The maximum Gasteiger partial charge on any atom is 0.213 e. The summed E-state index contributed by atoms with van der Waals surface area (Å²) < 4.78 is 5.35. The number of carbonyl (C=O) groups is 2. The molecule has 1 saturated heterocycles. The van der Waals surface area contributed by atoms with Gasteiger partial charge in [-0.15, -0.1) is 22.7 Å². The van der Waals surface area contributed by atoms with Gasteiger partial charge in [-0.2, -0.15) is 0 Å². The van der Waals surface area contributed by atoms with Crippen LogP contribution in [0.4, 0.5) is 0 Å². The van der Waals surface area contributed by atoms with Gasteiger partial charge in [0.05, 0.1) is 10.6 Å². The van der Waals surface area contributed by atoms with Gasteiger partial charge in [0.25, 0.3) is 0 Å². The van der Waals surface area contributed by atoms with E-state index in [1.54, 1.807) is 25.2 Å². The molecule has 0 amide bonds. The second-order valence-electron chi connectivity index (χ2n) is 5.63. The Morgan fingerprint density at radius 3 is 2.73 bits per heavy atom. The van der Waals surface area contributed by atoms with Crippen LogP contribution in [-0.4, -0.2) is 22.2 Å². The number of thiazole rings is 1. The van der Waals surface area contributed by atoms with E-state index in [1.807, 2.05) is 24.4 Å². The van der Waals surface area contributed by atoms with E-state index in [1.165, 1.54) is 11.3 Å². The topological polar surface area (TPSA) is 56.3 Å². The summed E-state index contributed by atoms with van der Waals surface area (Å²) >= 11 is 3.08. The van der Waals surface area contributed by atoms with Gasteiger partial charge in [-0.3, -0.25) is 9.59 Å². The molecule has 1 atom stereocenters. The van der Waals surface area contributed by atoms with E-state index in [0.29, 0.717) is 5.69 Å². The molecule has 4 nitrogen and oxygen atoms in total. The van der Waals surface area contributed by atoms with Gasteiger partial charge in [-0.05, 0) is 32.2 Å². The highest BCUT2D eigenvalue weighted by atomic mass is 32.1. The van der Waals surface area contributed by atoms with Gasteiger partial charge < -0.3 is 4.74 Å². The van der Waals surface area contributed by atoms with Crippen LogP contribution in [0.2, 0.25) is 0 Å². The second-order valence-corrected chi connectivity index (χ2v) is 7.79. The average molecular weight is 333 g/mol. The standard InChI is InChI=1S/C16H15NO3S2/c1-8-13(18)11(14(19)16(3,4)20-8)12-9(2)22-15(17-12)10-6-5-7-21-10/h5-7,11H,1H2,2-4H3. The lowest BCUT2D eigenvalue weighted by molar-refractivity contribution is -0.150. The number of allylic oxidation sites excluding steroid dienone is 1. The van der Waals surface area contributed by atoms with Crippen LogP contribution >= 0.6 is 22.7 Å². The first kappa shape index (κ1) is 15.1. The Kier molecular flexibility index (Phi) is 3.53. The summed E-state index contributed by atoms with van der Waals surface area (Å²) in [4.78, 5) is 31.5. The Labute approximate surface area is 136 Å². The first-order valence-corrected chi connectivity index (χ1v) is 8.48. The Balaban J connectivity index is 2.08. The molecule has 1 aliphatic rings. The van der Waals surface area contributed by atoms with Gasteiger partial charge in [-0.1, -0.05) is 12.6 Å².